The first-order valence-electron chi connectivity index (χ1n) is 6.45. The van der Waals surface area contributed by atoms with Crippen LogP contribution in [0, 0.1) is 0 Å². The van der Waals surface area contributed by atoms with E-state index in [1.54, 1.807) is 12.1 Å². The number of rotatable bonds is 6. The maximum atomic E-state index is 11.8. The zero-order chi connectivity index (χ0) is 15.5. The number of amides is 1. The van der Waals surface area contributed by atoms with Crippen molar-refractivity contribution in [1.29, 1.82) is 0 Å². The summed E-state index contributed by atoms with van der Waals surface area (Å²) in [6.45, 7) is 0.409. The molecule has 1 aliphatic rings. The Bertz CT molecular complexity index is 629. The lowest BCUT2D eigenvalue weighted by Crippen LogP contribution is -2.41. The lowest BCUT2D eigenvalue weighted by molar-refractivity contribution is -0.122. The van der Waals surface area contributed by atoms with Crippen molar-refractivity contribution in [2.24, 2.45) is 5.73 Å². The highest BCUT2D eigenvalue weighted by atomic mass is 32.2. The molecule has 0 spiro atoms. The Labute approximate surface area is 123 Å². The van der Waals surface area contributed by atoms with Gasteiger partial charge in [0.25, 0.3) is 0 Å². The summed E-state index contributed by atoms with van der Waals surface area (Å²) in [5, 5.41) is 2.67. The first kappa shape index (κ1) is 15.6. The molecule has 0 fully saturated rings. The maximum absolute atomic E-state index is 11.8. The van der Waals surface area contributed by atoms with E-state index >= 15 is 0 Å². The highest BCUT2D eigenvalue weighted by molar-refractivity contribution is 7.90. The van der Waals surface area contributed by atoms with Gasteiger partial charge < -0.3 is 20.5 Å². The third-order valence-electron chi connectivity index (χ3n) is 3.07. The molecule has 0 bridgehead atoms. The number of para-hydroxylation sites is 1. The molecule has 1 atom stereocenters. The van der Waals surface area contributed by atoms with Crippen molar-refractivity contribution in [2.75, 3.05) is 18.8 Å². The largest absolute Gasteiger partial charge is 0.454 e. The van der Waals surface area contributed by atoms with E-state index in [9.17, 15) is 13.2 Å². The maximum Gasteiger partial charge on any atom is 0.237 e. The molecule has 0 aromatic heterocycles. The van der Waals surface area contributed by atoms with Gasteiger partial charge in [0.15, 0.2) is 11.5 Å². The van der Waals surface area contributed by atoms with Crippen LogP contribution in [0.15, 0.2) is 18.2 Å². The van der Waals surface area contributed by atoms with E-state index in [1.807, 2.05) is 6.07 Å². The molecule has 1 heterocycles. The lowest BCUT2D eigenvalue weighted by Gasteiger charge is -2.12. The molecule has 0 saturated heterocycles. The van der Waals surface area contributed by atoms with Gasteiger partial charge in [-0.1, -0.05) is 12.1 Å². The predicted octanol–water partition coefficient (Wildman–Crippen LogP) is -0.206. The number of sulfone groups is 1. The van der Waals surface area contributed by atoms with Crippen molar-refractivity contribution in [1.82, 2.24) is 5.32 Å². The summed E-state index contributed by atoms with van der Waals surface area (Å²) in [5.41, 5.74) is 6.45. The fourth-order valence-electron chi connectivity index (χ4n) is 1.92. The molecule has 1 aliphatic heterocycles. The van der Waals surface area contributed by atoms with Crippen molar-refractivity contribution in [3.05, 3.63) is 23.8 Å². The van der Waals surface area contributed by atoms with E-state index < -0.39 is 21.8 Å². The second-order valence-corrected chi connectivity index (χ2v) is 7.15. The van der Waals surface area contributed by atoms with E-state index in [0.29, 0.717) is 11.5 Å². The fourth-order valence-corrected chi connectivity index (χ4v) is 2.60. The van der Waals surface area contributed by atoms with Crippen LogP contribution in [0.1, 0.15) is 12.0 Å². The molecule has 7 nitrogen and oxygen atoms in total. The summed E-state index contributed by atoms with van der Waals surface area (Å²) < 4.78 is 32.7. The SMILES string of the molecule is CS(=O)(=O)CCC(N)C(=O)NCc1cccc2c1OCO2. The Kier molecular flexibility index (Phi) is 4.69. The van der Waals surface area contributed by atoms with E-state index in [4.69, 9.17) is 15.2 Å². The number of nitrogens with one attached hydrogen (secondary N) is 1. The van der Waals surface area contributed by atoms with Crippen molar-refractivity contribution in [3.8, 4) is 11.5 Å². The average Bonchev–Trinajstić information content (AvgIpc) is 2.90. The van der Waals surface area contributed by atoms with Gasteiger partial charge in [-0.15, -0.1) is 0 Å². The van der Waals surface area contributed by atoms with E-state index in [2.05, 4.69) is 5.32 Å². The Morgan fingerprint density at radius 1 is 1.43 bits per heavy atom. The number of carbonyl (C=O) groups is 1. The zero-order valence-electron chi connectivity index (χ0n) is 11.7. The summed E-state index contributed by atoms with van der Waals surface area (Å²) in [6.07, 6.45) is 1.21. The Balaban J connectivity index is 1.88. The third kappa shape index (κ3) is 4.33. The quantitative estimate of drug-likeness (QED) is 0.752. The summed E-state index contributed by atoms with van der Waals surface area (Å²) in [7, 11) is -3.12. The van der Waals surface area contributed by atoms with Gasteiger partial charge in [-0.25, -0.2) is 8.42 Å². The van der Waals surface area contributed by atoms with Gasteiger partial charge in [-0.05, 0) is 12.5 Å². The zero-order valence-corrected chi connectivity index (χ0v) is 12.5. The fraction of sp³-hybridized carbons (Fsp3) is 0.462. The molecule has 3 N–H and O–H groups in total. The number of hydrogen-bond acceptors (Lipinski definition) is 6. The van der Waals surface area contributed by atoms with Crippen molar-refractivity contribution < 1.29 is 22.7 Å². The number of hydrogen-bond donors (Lipinski definition) is 2. The van der Waals surface area contributed by atoms with Gasteiger partial charge in [0.05, 0.1) is 11.8 Å². The topological polar surface area (TPSA) is 108 Å². The van der Waals surface area contributed by atoms with Gasteiger partial charge >= 0.3 is 0 Å². The summed E-state index contributed by atoms with van der Waals surface area (Å²) in [4.78, 5) is 11.8. The highest BCUT2D eigenvalue weighted by Crippen LogP contribution is 2.35. The monoisotopic (exact) mass is 314 g/mol. The van der Waals surface area contributed by atoms with Crippen LogP contribution < -0.4 is 20.5 Å². The molecule has 1 aromatic carbocycles. The molecular formula is C13H18N2O5S. The standard InChI is InChI=1S/C13H18N2O5S/c1-21(17,18)6-5-10(14)13(16)15-7-9-3-2-4-11-12(9)20-8-19-11/h2-4,10H,5-8,14H2,1H3,(H,15,16). The van der Waals surface area contributed by atoms with Gasteiger partial charge in [0.2, 0.25) is 12.7 Å². The van der Waals surface area contributed by atoms with Crippen LogP contribution in [-0.2, 0) is 21.2 Å². The van der Waals surface area contributed by atoms with Gasteiger partial charge in [0.1, 0.15) is 9.84 Å². The minimum absolute atomic E-state index is 0.0944. The molecule has 2 rings (SSSR count). The number of carbonyl (C=O) groups excluding carboxylic acids is 1. The molecule has 0 saturated carbocycles. The molecule has 116 valence electrons. The van der Waals surface area contributed by atoms with Gasteiger partial charge in [0, 0.05) is 18.4 Å². The third-order valence-corrected chi connectivity index (χ3v) is 4.04. The second kappa shape index (κ2) is 6.31. The predicted molar refractivity (Wildman–Crippen MR) is 76.7 cm³/mol. The van der Waals surface area contributed by atoms with Crippen LogP contribution in [0.3, 0.4) is 0 Å². The number of benzene rings is 1. The minimum atomic E-state index is -3.12. The minimum Gasteiger partial charge on any atom is -0.454 e. The highest BCUT2D eigenvalue weighted by Gasteiger charge is 2.19. The lowest BCUT2D eigenvalue weighted by atomic mass is 10.1. The Hall–Kier alpha value is -1.80. The molecule has 1 unspecified atom stereocenters. The molecule has 1 amide bonds. The molecule has 1 aromatic rings. The molecule has 8 heteroatoms. The molecular weight excluding hydrogens is 296 g/mol. The summed E-state index contributed by atoms with van der Waals surface area (Å²) in [5.74, 6) is 0.750. The van der Waals surface area contributed by atoms with E-state index in [0.717, 1.165) is 11.8 Å². The summed E-state index contributed by atoms with van der Waals surface area (Å²) in [6, 6.07) is 4.55. The molecule has 0 radical (unpaired) electrons. The van der Waals surface area contributed by atoms with Crippen LogP contribution in [0.2, 0.25) is 0 Å². The van der Waals surface area contributed by atoms with Crippen molar-refractivity contribution in [3.63, 3.8) is 0 Å². The van der Waals surface area contributed by atoms with Crippen LogP contribution in [0.5, 0.6) is 11.5 Å². The van der Waals surface area contributed by atoms with Crippen LogP contribution in [-0.4, -0.2) is 39.2 Å². The van der Waals surface area contributed by atoms with Crippen molar-refractivity contribution >= 4 is 15.7 Å². The average molecular weight is 314 g/mol. The number of nitrogens with two attached hydrogens (primary N) is 1. The Morgan fingerprint density at radius 2 is 2.19 bits per heavy atom. The van der Waals surface area contributed by atoms with Crippen molar-refractivity contribution in [2.45, 2.75) is 19.0 Å². The second-order valence-electron chi connectivity index (χ2n) is 4.89. The van der Waals surface area contributed by atoms with Crippen LogP contribution in [0.25, 0.3) is 0 Å². The first-order valence-corrected chi connectivity index (χ1v) is 8.51. The smallest absolute Gasteiger partial charge is 0.237 e. The van der Waals surface area contributed by atoms with Crippen LogP contribution >= 0.6 is 0 Å². The normalized spacial score (nSPS) is 14.8. The summed E-state index contributed by atoms with van der Waals surface area (Å²) >= 11 is 0. The molecule has 0 aliphatic carbocycles. The van der Waals surface area contributed by atoms with Gasteiger partial charge in [-0.2, -0.15) is 0 Å². The molecule has 21 heavy (non-hydrogen) atoms. The Morgan fingerprint density at radius 3 is 2.90 bits per heavy atom. The number of ether oxygens (including phenoxy) is 2. The van der Waals surface area contributed by atoms with Gasteiger partial charge in [-0.3, -0.25) is 4.79 Å². The van der Waals surface area contributed by atoms with E-state index in [1.165, 1.54) is 0 Å². The van der Waals surface area contributed by atoms with Crippen LogP contribution in [0.4, 0.5) is 0 Å². The van der Waals surface area contributed by atoms with E-state index in [-0.39, 0.29) is 25.5 Å². The number of fused-ring (bicyclic) bond motifs is 1. The first-order chi connectivity index (χ1) is 9.87.